The highest BCUT2D eigenvalue weighted by molar-refractivity contribution is 5.94. The topological polar surface area (TPSA) is 89.4 Å². The van der Waals surface area contributed by atoms with Crippen LogP contribution in [0.5, 0.6) is 0 Å². The predicted octanol–water partition coefficient (Wildman–Crippen LogP) is 2.11. The van der Waals surface area contributed by atoms with Crippen molar-refractivity contribution in [3.63, 3.8) is 0 Å². The number of nitrogens with two attached hydrogens (primary N) is 2. The predicted molar refractivity (Wildman–Crippen MR) is 89.5 cm³/mol. The molecule has 4 N–H and O–H groups in total. The van der Waals surface area contributed by atoms with E-state index in [4.69, 9.17) is 11.5 Å². The number of hydrogen-bond donors (Lipinski definition) is 2. The second kappa shape index (κ2) is 9.95. The van der Waals surface area contributed by atoms with Gasteiger partial charge in [0.2, 0.25) is 11.8 Å². The number of carbonyl (C=O) groups is 2. The van der Waals surface area contributed by atoms with Crippen LogP contribution in [0.3, 0.4) is 0 Å². The quantitative estimate of drug-likeness (QED) is 0.649. The number of aryl methyl sites for hydroxylation is 1. The van der Waals surface area contributed by atoms with Gasteiger partial charge in [0, 0.05) is 25.1 Å². The van der Waals surface area contributed by atoms with Crippen molar-refractivity contribution in [1.82, 2.24) is 0 Å². The van der Waals surface area contributed by atoms with Gasteiger partial charge in [-0.1, -0.05) is 25.0 Å². The molecule has 0 spiro atoms. The Morgan fingerprint density at radius 1 is 1.09 bits per heavy atom. The molecule has 0 saturated carbocycles. The molecule has 2 amide bonds. The Hall–Kier alpha value is -1.88. The third-order valence-corrected chi connectivity index (χ3v) is 3.54. The van der Waals surface area contributed by atoms with E-state index in [9.17, 15) is 9.59 Å². The minimum atomic E-state index is -0.395. The van der Waals surface area contributed by atoms with E-state index >= 15 is 0 Å². The lowest BCUT2D eigenvalue weighted by molar-refractivity contribution is -0.119. The second-order valence-corrected chi connectivity index (χ2v) is 5.55. The number of primary amides is 1. The van der Waals surface area contributed by atoms with Gasteiger partial charge >= 0.3 is 0 Å². The van der Waals surface area contributed by atoms with Gasteiger partial charge < -0.3 is 16.4 Å². The Labute approximate surface area is 132 Å². The molecule has 1 rings (SSSR count). The van der Waals surface area contributed by atoms with Crippen molar-refractivity contribution >= 4 is 17.5 Å². The van der Waals surface area contributed by atoms with Crippen molar-refractivity contribution in [2.75, 3.05) is 18.0 Å². The minimum Gasteiger partial charge on any atom is -0.370 e. The first-order valence-electron chi connectivity index (χ1n) is 7.90. The van der Waals surface area contributed by atoms with Crippen molar-refractivity contribution in [3.05, 3.63) is 29.8 Å². The third-order valence-electron chi connectivity index (χ3n) is 3.54. The molecule has 1 aromatic carbocycles. The maximum atomic E-state index is 12.4. The lowest BCUT2D eigenvalue weighted by Crippen LogP contribution is -2.34. The Morgan fingerprint density at radius 3 is 2.45 bits per heavy atom. The van der Waals surface area contributed by atoms with E-state index in [0.717, 1.165) is 36.9 Å². The summed E-state index contributed by atoms with van der Waals surface area (Å²) in [4.78, 5) is 25.1. The zero-order valence-electron chi connectivity index (χ0n) is 13.4. The summed E-state index contributed by atoms with van der Waals surface area (Å²) in [5, 5.41) is 0. The molecule has 0 unspecified atom stereocenters. The van der Waals surface area contributed by atoms with Gasteiger partial charge in [-0.15, -0.1) is 0 Å². The Morgan fingerprint density at radius 2 is 1.82 bits per heavy atom. The summed E-state index contributed by atoms with van der Waals surface area (Å²) in [5.74, 6) is -0.354. The van der Waals surface area contributed by atoms with Crippen LogP contribution >= 0.6 is 0 Å². The van der Waals surface area contributed by atoms with Crippen LogP contribution in [-0.2, 0) is 9.59 Å². The van der Waals surface area contributed by atoms with Gasteiger partial charge in [-0.25, -0.2) is 0 Å². The van der Waals surface area contributed by atoms with Gasteiger partial charge in [-0.05, 0) is 44.0 Å². The van der Waals surface area contributed by atoms with Crippen LogP contribution in [0.2, 0.25) is 0 Å². The van der Waals surface area contributed by atoms with Gasteiger partial charge in [-0.3, -0.25) is 9.59 Å². The van der Waals surface area contributed by atoms with E-state index in [-0.39, 0.29) is 12.3 Å². The minimum absolute atomic E-state index is 0.0413. The third kappa shape index (κ3) is 6.72. The smallest absolute Gasteiger partial charge is 0.226 e. The highest BCUT2D eigenvalue weighted by atomic mass is 16.2. The molecule has 5 heteroatoms. The molecule has 0 aliphatic rings. The van der Waals surface area contributed by atoms with Crippen LogP contribution in [0.1, 0.15) is 44.1 Å². The molecule has 122 valence electrons. The van der Waals surface area contributed by atoms with Crippen LogP contribution in [0.4, 0.5) is 5.69 Å². The first kappa shape index (κ1) is 18.2. The second-order valence-electron chi connectivity index (χ2n) is 5.55. The molecule has 0 heterocycles. The van der Waals surface area contributed by atoms with E-state index < -0.39 is 5.91 Å². The standard InChI is InChI=1S/C17H27N3O2/c1-14-7-6-8-15(13-14)20(12-10-16(19)21)17(22)9-4-2-3-5-11-18/h6-8,13H,2-5,9-12,18H2,1H3,(H2,19,21). The average molecular weight is 305 g/mol. The van der Waals surface area contributed by atoms with Crippen LogP contribution in [0.15, 0.2) is 24.3 Å². The molecule has 0 aliphatic carbocycles. The summed E-state index contributed by atoms with van der Waals surface area (Å²) in [6.45, 7) is 3.01. The zero-order valence-corrected chi connectivity index (χ0v) is 13.4. The fourth-order valence-electron chi connectivity index (χ4n) is 2.32. The van der Waals surface area contributed by atoms with Crippen molar-refractivity contribution in [3.8, 4) is 0 Å². The number of unbranched alkanes of at least 4 members (excludes halogenated alkanes) is 3. The maximum absolute atomic E-state index is 12.4. The molecule has 0 aromatic heterocycles. The lowest BCUT2D eigenvalue weighted by atomic mass is 10.1. The summed E-state index contributed by atoms with van der Waals surface area (Å²) in [5.41, 5.74) is 12.6. The number of amides is 2. The summed E-state index contributed by atoms with van der Waals surface area (Å²) >= 11 is 0. The highest BCUT2D eigenvalue weighted by Crippen LogP contribution is 2.18. The molecular formula is C17H27N3O2. The van der Waals surface area contributed by atoms with Crippen LogP contribution < -0.4 is 16.4 Å². The van der Waals surface area contributed by atoms with Gasteiger partial charge in [0.1, 0.15) is 0 Å². The summed E-state index contributed by atoms with van der Waals surface area (Å²) in [6.07, 6.45) is 4.55. The van der Waals surface area contributed by atoms with E-state index in [2.05, 4.69) is 0 Å². The molecule has 0 fully saturated rings. The van der Waals surface area contributed by atoms with Gasteiger partial charge in [0.05, 0.1) is 0 Å². The van der Waals surface area contributed by atoms with Crippen LogP contribution in [0.25, 0.3) is 0 Å². The van der Waals surface area contributed by atoms with Crippen molar-refractivity contribution in [1.29, 1.82) is 0 Å². The molecule has 1 aromatic rings. The monoisotopic (exact) mass is 305 g/mol. The molecule has 0 aliphatic heterocycles. The van der Waals surface area contributed by atoms with E-state index in [1.54, 1.807) is 4.90 Å². The van der Waals surface area contributed by atoms with Crippen LogP contribution in [0, 0.1) is 6.92 Å². The average Bonchev–Trinajstić information content (AvgIpc) is 2.47. The van der Waals surface area contributed by atoms with Crippen molar-refractivity contribution in [2.45, 2.75) is 45.4 Å². The Balaban J connectivity index is 2.64. The zero-order chi connectivity index (χ0) is 16.4. The van der Waals surface area contributed by atoms with E-state index in [0.29, 0.717) is 19.5 Å². The molecule has 5 nitrogen and oxygen atoms in total. The van der Waals surface area contributed by atoms with E-state index in [1.165, 1.54) is 0 Å². The number of anilines is 1. The van der Waals surface area contributed by atoms with E-state index in [1.807, 2.05) is 31.2 Å². The Kier molecular flexibility index (Phi) is 8.22. The normalized spacial score (nSPS) is 10.5. The van der Waals surface area contributed by atoms with Gasteiger partial charge in [0.15, 0.2) is 0 Å². The largest absolute Gasteiger partial charge is 0.370 e. The fourth-order valence-corrected chi connectivity index (χ4v) is 2.32. The molecular weight excluding hydrogens is 278 g/mol. The van der Waals surface area contributed by atoms with Gasteiger partial charge in [0.25, 0.3) is 0 Å². The van der Waals surface area contributed by atoms with Gasteiger partial charge in [-0.2, -0.15) is 0 Å². The molecule has 0 radical (unpaired) electrons. The van der Waals surface area contributed by atoms with Crippen molar-refractivity contribution < 1.29 is 9.59 Å². The molecule has 0 atom stereocenters. The number of hydrogen-bond acceptors (Lipinski definition) is 3. The SMILES string of the molecule is Cc1cccc(N(CCC(N)=O)C(=O)CCCCCCN)c1. The number of rotatable bonds is 10. The Bertz CT molecular complexity index is 489. The number of carbonyl (C=O) groups excluding carboxylic acids is 2. The summed E-state index contributed by atoms with van der Waals surface area (Å²) in [7, 11) is 0. The fraction of sp³-hybridized carbons (Fsp3) is 0.529. The molecule has 22 heavy (non-hydrogen) atoms. The summed E-state index contributed by atoms with van der Waals surface area (Å²) < 4.78 is 0. The molecule has 0 bridgehead atoms. The summed E-state index contributed by atoms with van der Waals surface area (Å²) in [6, 6.07) is 7.73. The highest BCUT2D eigenvalue weighted by Gasteiger charge is 2.16. The molecule has 0 saturated heterocycles. The number of nitrogens with zero attached hydrogens (tertiary/aromatic N) is 1. The lowest BCUT2D eigenvalue weighted by Gasteiger charge is -2.23. The first-order valence-corrected chi connectivity index (χ1v) is 7.90. The maximum Gasteiger partial charge on any atom is 0.226 e. The van der Waals surface area contributed by atoms with Crippen molar-refractivity contribution in [2.24, 2.45) is 11.5 Å². The first-order chi connectivity index (χ1) is 10.5. The number of benzene rings is 1. The van der Waals surface area contributed by atoms with Crippen LogP contribution in [-0.4, -0.2) is 24.9 Å².